The molecule has 2 aromatic carbocycles. The Balaban J connectivity index is 1.57. The number of anilines is 1. The van der Waals surface area contributed by atoms with Gasteiger partial charge in [-0.15, -0.1) is 0 Å². The zero-order valence-corrected chi connectivity index (χ0v) is 16.7. The Morgan fingerprint density at radius 2 is 1.54 bits per heavy atom. The van der Waals surface area contributed by atoms with Crippen molar-refractivity contribution in [1.82, 2.24) is 4.98 Å². The van der Waals surface area contributed by atoms with E-state index in [9.17, 15) is 16.8 Å². The zero-order chi connectivity index (χ0) is 19.8. The standard InChI is InChI=1S/C20H20N2O4S2/c23-27(24,17-5-1-2-6-17)18-11-8-16(9-12-18)22-28(25,26)19-10-7-15-4-3-13-21-20(15)14-19/h3-4,7-14,17,22H,1-2,5-6H2. The van der Waals surface area contributed by atoms with Crippen molar-refractivity contribution < 1.29 is 16.8 Å². The molecule has 0 spiro atoms. The Labute approximate surface area is 164 Å². The molecule has 28 heavy (non-hydrogen) atoms. The van der Waals surface area contributed by atoms with E-state index >= 15 is 0 Å². The van der Waals surface area contributed by atoms with E-state index in [2.05, 4.69) is 9.71 Å². The fourth-order valence-electron chi connectivity index (χ4n) is 3.53. The normalized spacial score (nSPS) is 15.7. The lowest BCUT2D eigenvalue weighted by atomic mass is 10.2. The van der Waals surface area contributed by atoms with Crippen LogP contribution in [-0.2, 0) is 19.9 Å². The summed E-state index contributed by atoms with van der Waals surface area (Å²) in [4.78, 5) is 4.51. The van der Waals surface area contributed by atoms with Crippen LogP contribution in [0.25, 0.3) is 10.9 Å². The van der Waals surface area contributed by atoms with Gasteiger partial charge in [-0.25, -0.2) is 16.8 Å². The average Bonchev–Trinajstić information content (AvgIpc) is 3.23. The van der Waals surface area contributed by atoms with Crippen LogP contribution in [0.5, 0.6) is 0 Å². The first-order chi connectivity index (χ1) is 13.4. The van der Waals surface area contributed by atoms with E-state index in [1.807, 2.05) is 6.07 Å². The van der Waals surface area contributed by atoms with Crippen LogP contribution in [0, 0.1) is 0 Å². The summed E-state index contributed by atoms with van der Waals surface area (Å²) in [5, 5.41) is 0.517. The van der Waals surface area contributed by atoms with E-state index in [-0.39, 0.29) is 15.0 Å². The van der Waals surface area contributed by atoms with E-state index in [1.54, 1.807) is 18.3 Å². The van der Waals surface area contributed by atoms with Crippen LogP contribution < -0.4 is 4.72 Å². The Kier molecular flexibility index (Phi) is 4.84. The van der Waals surface area contributed by atoms with Gasteiger partial charge in [-0.2, -0.15) is 0 Å². The van der Waals surface area contributed by atoms with E-state index < -0.39 is 19.9 Å². The van der Waals surface area contributed by atoms with Crippen LogP contribution in [0.2, 0.25) is 0 Å². The van der Waals surface area contributed by atoms with Gasteiger partial charge in [0.1, 0.15) is 0 Å². The van der Waals surface area contributed by atoms with Gasteiger partial charge in [-0.3, -0.25) is 9.71 Å². The number of sulfone groups is 1. The smallest absolute Gasteiger partial charge is 0.261 e. The number of pyridine rings is 1. The molecule has 0 radical (unpaired) electrons. The highest BCUT2D eigenvalue weighted by atomic mass is 32.2. The molecule has 0 amide bonds. The van der Waals surface area contributed by atoms with Crippen LogP contribution in [0.3, 0.4) is 0 Å². The molecule has 1 fully saturated rings. The second-order valence-electron chi connectivity index (χ2n) is 6.94. The molecule has 0 aliphatic heterocycles. The van der Waals surface area contributed by atoms with Crippen molar-refractivity contribution in [2.24, 2.45) is 0 Å². The number of fused-ring (bicyclic) bond motifs is 1. The lowest BCUT2D eigenvalue weighted by molar-refractivity contribution is 0.579. The minimum atomic E-state index is -3.81. The number of nitrogens with zero attached hydrogens (tertiary/aromatic N) is 1. The summed E-state index contributed by atoms with van der Waals surface area (Å²) >= 11 is 0. The molecule has 1 N–H and O–H groups in total. The molecule has 0 bridgehead atoms. The van der Waals surface area contributed by atoms with Gasteiger partial charge in [0.25, 0.3) is 10.0 Å². The Hall–Kier alpha value is -2.45. The Morgan fingerprint density at radius 1 is 0.857 bits per heavy atom. The van der Waals surface area contributed by atoms with Crippen molar-refractivity contribution in [3.63, 3.8) is 0 Å². The third-order valence-electron chi connectivity index (χ3n) is 5.06. The second kappa shape index (κ2) is 7.18. The topological polar surface area (TPSA) is 93.2 Å². The molecule has 0 saturated heterocycles. The predicted molar refractivity (Wildman–Crippen MR) is 108 cm³/mol. The summed E-state index contributed by atoms with van der Waals surface area (Å²) in [6.07, 6.45) is 4.85. The van der Waals surface area contributed by atoms with Crippen molar-refractivity contribution >= 4 is 36.5 Å². The Morgan fingerprint density at radius 3 is 2.25 bits per heavy atom. The maximum absolute atomic E-state index is 12.7. The summed E-state index contributed by atoms with van der Waals surface area (Å²) in [5.41, 5.74) is 0.898. The molecule has 1 aliphatic rings. The number of sulfonamides is 1. The number of benzene rings is 2. The van der Waals surface area contributed by atoms with E-state index in [0.29, 0.717) is 24.0 Å². The van der Waals surface area contributed by atoms with E-state index in [0.717, 1.165) is 18.2 Å². The van der Waals surface area contributed by atoms with Crippen LogP contribution in [0.1, 0.15) is 25.7 Å². The van der Waals surface area contributed by atoms with Gasteiger partial charge in [0, 0.05) is 17.3 Å². The maximum atomic E-state index is 12.7. The molecular weight excluding hydrogens is 396 g/mol. The van der Waals surface area contributed by atoms with Gasteiger partial charge in [0.05, 0.1) is 20.6 Å². The van der Waals surface area contributed by atoms with Crippen molar-refractivity contribution in [2.45, 2.75) is 40.7 Å². The fraction of sp³-hybridized carbons (Fsp3) is 0.250. The monoisotopic (exact) mass is 416 g/mol. The van der Waals surface area contributed by atoms with Crippen LogP contribution in [0.15, 0.2) is 70.6 Å². The average molecular weight is 417 g/mol. The second-order valence-corrected chi connectivity index (χ2v) is 10.8. The highest BCUT2D eigenvalue weighted by Crippen LogP contribution is 2.30. The first kappa shape index (κ1) is 18.9. The molecule has 6 nitrogen and oxygen atoms in total. The summed E-state index contributed by atoms with van der Waals surface area (Å²) in [7, 11) is -7.17. The number of hydrogen-bond donors (Lipinski definition) is 1. The van der Waals surface area contributed by atoms with Gasteiger partial charge in [0.2, 0.25) is 0 Å². The minimum Gasteiger partial charge on any atom is -0.280 e. The molecule has 1 aliphatic carbocycles. The molecule has 8 heteroatoms. The molecule has 0 unspecified atom stereocenters. The first-order valence-electron chi connectivity index (χ1n) is 9.08. The Bertz CT molecular complexity index is 1210. The van der Waals surface area contributed by atoms with Crippen LogP contribution >= 0.6 is 0 Å². The van der Waals surface area contributed by atoms with Gasteiger partial charge in [0.15, 0.2) is 9.84 Å². The van der Waals surface area contributed by atoms with E-state index in [4.69, 9.17) is 0 Å². The quantitative estimate of drug-likeness (QED) is 0.684. The number of nitrogens with one attached hydrogen (secondary N) is 1. The van der Waals surface area contributed by atoms with Crippen molar-refractivity contribution in [3.05, 3.63) is 60.8 Å². The maximum Gasteiger partial charge on any atom is 0.261 e. The SMILES string of the molecule is O=S(=O)(Nc1ccc(S(=O)(=O)C2CCCC2)cc1)c1ccc2cccnc2c1. The first-order valence-corrected chi connectivity index (χ1v) is 12.1. The van der Waals surface area contributed by atoms with Crippen LogP contribution in [-0.4, -0.2) is 27.1 Å². The van der Waals surface area contributed by atoms with Gasteiger partial charge in [-0.05, 0) is 55.3 Å². The molecule has 146 valence electrons. The summed E-state index contributed by atoms with van der Waals surface area (Å²) < 4.78 is 53.1. The van der Waals surface area contributed by atoms with E-state index in [1.165, 1.54) is 36.4 Å². The van der Waals surface area contributed by atoms with Crippen molar-refractivity contribution in [2.75, 3.05) is 4.72 Å². The van der Waals surface area contributed by atoms with Crippen molar-refractivity contribution in [1.29, 1.82) is 0 Å². The molecule has 4 rings (SSSR count). The highest BCUT2D eigenvalue weighted by Gasteiger charge is 2.30. The molecule has 1 aromatic heterocycles. The van der Waals surface area contributed by atoms with Crippen molar-refractivity contribution in [3.8, 4) is 0 Å². The third-order valence-corrected chi connectivity index (χ3v) is 8.72. The molecule has 1 saturated carbocycles. The van der Waals surface area contributed by atoms with Gasteiger partial charge in [-0.1, -0.05) is 25.0 Å². The molecule has 3 aromatic rings. The minimum absolute atomic E-state index is 0.0985. The summed E-state index contributed by atoms with van der Waals surface area (Å²) in [5.74, 6) is 0. The lowest BCUT2D eigenvalue weighted by Gasteiger charge is -2.12. The fourth-order valence-corrected chi connectivity index (χ4v) is 6.46. The molecule has 0 atom stereocenters. The largest absolute Gasteiger partial charge is 0.280 e. The number of hydrogen-bond acceptors (Lipinski definition) is 5. The third kappa shape index (κ3) is 3.62. The number of rotatable bonds is 5. The summed E-state index contributed by atoms with van der Waals surface area (Å²) in [6.45, 7) is 0. The molecular formula is C20H20N2O4S2. The summed E-state index contributed by atoms with van der Waals surface area (Å²) in [6, 6.07) is 14.3. The zero-order valence-electron chi connectivity index (χ0n) is 15.1. The highest BCUT2D eigenvalue weighted by molar-refractivity contribution is 7.92. The predicted octanol–water partition coefficient (Wildman–Crippen LogP) is 3.75. The number of aromatic nitrogens is 1. The van der Waals surface area contributed by atoms with Gasteiger partial charge >= 0.3 is 0 Å². The molecule has 1 heterocycles. The lowest BCUT2D eigenvalue weighted by Crippen LogP contribution is -2.18. The van der Waals surface area contributed by atoms with Gasteiger partial charge < -0.3 is 0 Å². The van der Waals surface area contributed by atoms with Crippen LogP contribution in [0.4, 0.5) is 5.69 Å².